The molecule has 2 N–H and O–H groups in total. The van der Waals surface area contributed by atoms with E-state index in [1.54, 1.807) is 0 Å². The highest BCUT2D eigenvalue weighted by Gasteiger charge is 2.29. The Hall–Kier alpha value is -0.900. The number of aromatic nitrogens is 3. The zero-order chi connectivity index (χ0) is 10.3. The molecule has 0 spiro atoms. The number of nitrogens with two attached hydrogens (primary N) is 1. The van der Waals surface area contributed by atoms with Gasteiger partial charge >= 0.3 is 0 Å². The van der Waals surface area contributed by atoms with Gasteiger partial charge in [-0.3, -0.25) is 4.68 Å². The van der Waals surface area contributed by atoms with E-state index in [0.717, 1.165) is 11.6 Å². The maximum atomic E-state index is 6.05. The van der Waals surface area contributed by atoms with E-state index < -0.39 is 0 Å². The van der Waals surface area contributed by atoms with Gasteiger partial charge in [-0.15, -0.1) is 0 Å². The molecule has 1 aromatic rings. The van der Waals surface area contributed by atoms with E-state index in [-0.39, 0.29) is 6.04 Å². The molecule has 1 aliphatic carbocycles. The van der Waals surface area contributed by atoms with Crippen LogP contribution in [0.15, 0.2) is 0 Å². The molecular weight excluding hydrogens is 176 g/mol. The molecule has 1 fully saturated rings. The third-order valence-corrected chi connectivity index (χ3v) is 2.77. The van der Waals surface area contributed by atoms with Crippen LogP contribution in [0.25, 0.3) is 0 Å². The van der Waals surface area contributed by atoms with Crippen molar-refractivity contribution in [1.29, 1.82) is 0 Å². The lowest BCUT2D eigenvalue weighted by molar-refractivity contribution is 0.469. The highest BCUT2D eigenvalue weighted by Crippen LogP contribution is 2.38. The Labute approximate surface area is 84.5 Å². The quantitative estimate of drug-likeness (QED) is 0.790. The second-order valence-corrected chi connectivity index (χ2v) is 4.50. The van der Waals surface area contributed by atoms with Crippen LogP contribution in [-0.2, 0) is 7.05 Å². The van der Waals surface area contributed by atoms with Crippen molar-refractivity contribution in [2.24, 2.45) is 18.7 Å². The van der Waals surface area contributed by atoms with Crippen LogP contribution in [0.5, 0.6) is 0 Å². The summed E-state index contributed by atoms with van der Waals surface area (Å²) in [5.74, 6) is 2.92. The van der Waals surface area contributed by atoms with Gasteiger partial charge in [-0.25, -0.2) is 4.98 Å². The van der Waals surface area contributed by atoms with Crippen molar-refractivity contribution in [3.63, 3.8) is 0 Å². The molecule has 0 bridgehead atoms. The minimum atomic E-state index is -0.000000000000000222. The van der Waals surface area contributed by atoms with Gasteiger partial charge in [0.05, 0.1) is 6.04 Å². The Bertz CT molecular complexity index is 325. The van der Waals surface area contributed by atoms with Gasteiger partial charge < -0.3 is 5.73 Å². The molecule has 0 aliphatic heterocycles. The van der Waals surface area contributed by atoms with Gasteiger partial charge in [0, 0.05) is 13.0 Å². The van der Waals surface area contributed by atoms with Crippen molar-refractivity contribution >= 4 is 0 Å². The fourth-order valence-electron chi connectivity index (χ4n) is 1.52. The summed E-state index contributed by atoms with van der Waals surface area (Å²) in [7, 11) is 1.93. The van der Waals surface area contributed by atoms with Crippen LogP contribution < -0.4 is 5.73 Å². The molecule has 1 aliphatic rings. The average molecular weight is 194 g/mol. The zero-order valence-electron chi connectivity index (χ0n) is 9.07. The molecule has 0 amide bonds. The van der Waals surface area contributed by atoms with Crippen LogP contribution in [0.3, 0.4) is 0 Å². The fraction of sp³-hybridized carbons (Fsp3) is 0.800. The molecule has 0 aromatic carbocycles. The molecule has 0 radical (unpaired) electrons. The first-order valence-electron chi connectivity index (χ1n) is 5.26. The van der Waals surface area contributed by atoms with E-state index >= 15 is 0 Å². The molecule has 1 aromatic heterocycles. The topological polar surface area (TPSA) is 56.7 Å². The van der Waals surface area contributed by atoms with Gasteiger partial charge in [-0.1, -0.05) is 13.8 Å². The normalized spacial score (nSPS) is 18.9. The highest BCUT2D eigenvalue weighted by molar-refractivity contribution is 5.08. The second-order valence-electron chi connectivity index (χ2n) is 4.50. The fourth-order valence-corrected chi connectivity index (χ4v) is 1.52. The minimum absolute atomic E-state index is 0.000000000000000222. The molecule has 1 saturated carbocycles. The number of hydrogen-bond donors (Lipinski definition) is 1. The Morgan fingerprint density at radius 3 is 2.57 bits per heavy atom. The maximum Gasteiger partial charge on any atom is 0.154 e. The van der Waals surface area contributed by atoms with Crippen LogP contribution in [0.2, 0.25) is 0 Å². The van der Waals surface area contributed by atoms with Crippen molar-refractivity contribution < 1.29 is 0 Å². The van der Waals surface area contributed by atoms with Gasteiger partial charge in [0.15, 0.2) is 5.82 Å². The summed E-state index contributed by atoms with van der Waals surface area (Å²) in [6, 6.07) is -0.000000000000000222. The lowest BCUT2D eigenvalue weighted by atomic mass is 10.1. The summed E-state index contributed by atoms with van der Waals surface area (Å²) in [5.41, 5.74) is 6.05. The van der Waals surface area contributed by atoms with E-state index in [1.165, 1.54) is 12.8 Å². The number of aryl methyl sites for hydroxylation is 1. The number of rotatable bonds is 3. The van der Waals surface area contributed by atoms with Crippen LogP contribution in [0.1, 0.15) is 50.3 Å². The van der Waals surface area contributed by atoms with Gasteiger partial charge in [0.1, 0.15) is 5.82 Å². The SMILES string of the molecule is CC(C)C(N)c1nc(C2CC2)nn1C. The molecule has 1 unspecified atom stereocenters. The van der Waals surface area contributed by atoms with E-state index in [0.29, 0.717) is 11.8 Å². The number of nitrogens with zero attached hydrogens (tertiary/aromatic N) is 3. The number of hydrogen-bond acceptors (Lipinski definition) is 3. The molecule has 1 heterocycles. The highest BCUT2D eigenvalue weighted by atomic mass is 15.3. The Morgan fingerprint density at radius 1 is 1.43 bits per heavy atom. The predicted molar refractivity (Wildman–Crippen MR) is 54.7 cm³/mol. The molecule has 0 saturated heterocycles. The Morgan fingerprint density at radius 2 is 2.07 bits per heavy atom. The Balaban J connectivity index is 2.23. The molecule has 2 rings (SSSR count). The monoisotopic (exact) mass is 194 g/mol. The van der Waals surface area contributed by atoms with Crippen LogP contribution in [-0.4, -0.2) is 14.8 Å². The second kappa shape index (κ2) is 3.35. The smallest absolute Gasteiger partial charge is 0.154 e. The van der Waals surface area contributed by atoms with Gasteiger partial charge in [-0.05, 0) is 18.8 Å². The predicted octanol–water partition coefficient (Wildman–Crippen LogP) is 1.35. The molecule has 14 heavy (non-hydrogen) atoms. The molecule has 1 atom stereocenters. The van der Waals surface area contributed by atoms with E-state index in [4.69, 9.17) is 5.73 Å². The summed E-state index contributed by atoms with van der Waals surface area (Å²) in [5, 5.41) is 4.40. The van der Waals surface area contributed by atoms with Crippen LogP contribution >= 0.6 is 0 Å². The van der Waals surface area contributed by atoms with Gasteiger partial charge in [-0.2, -0.15) is 5.10 Å². The van der Waals surface area contributed by atoms with E-state index in [2.05, 4.69) is 23.9 Å². The first kappa shape index (κ1) is 9.65. The third-order valence-electron chi connectivity index (χ3n) is 2.77. The molecular formula is C10H18N4. The summed E-state index contributed by atoms with van der Waals surface area (Å²) in [4.78, 5) is 4.52. The molecule has 4 nitrogen and oxygen atoms in total. The first-order valence-corrected chi connectivity index (χ1v) is 5.26. The standard InChI is InChI=1S/C10H18N4/c1-6(2)8(11)10-12-9(7-4-5-7)13-14(10)3/h6-8H,4-5,11H2,1-3H3. The molecule has 4 heteroatoms. The van der Waals surface area contributed by atoms with Crippen molar-refractivity contribution in [1.82, 2.24) is 14.8 Å². The Kier molecular flexibility index (Phi) is 2.31. The first-order chi connectivity index (χ1) is 6.59. The van der Waals surface area contributed by atoms with Crippen molar-refractivity contribution in [2.75, 3.05) is 0 Å². The van der Waals surface area contributed by atoms with Crippen molar-refractivity contribution in [3.8, 4) is 0 Å². The lowest BCUT2D eigenvalue weighted by Crippen LogP contribution is -2.20. The van der Waals surface area contributed by atoms with Crippen LogP contribution in [0, 0.1) is 5.92 Å². The summed E-state index contributed by atoms with van der Waals surface area (Å²) in [6.45, 7) is 4.21. The van der Waals surface area contributed by atoms with Crippen LogP contribution in [0.4, 0.5) is 0 Å². The maximum absolute atomic E-state index is 6.05. The van der Waals surface area contributed by atoms with Gasteiger partial charge in [0.25, 0.3) is 0 Å². The van der Waals surface area contributed by atoms with E-state index in [9.17, 15) is 0 Å². The third kappa shape index (κ3) is 1.66. The summed E-state index contributed by atoms with van der Waals surface area (Å²) in [6.07, 6.45) is 2.47. The largest absolute Gasteiger partial charge is 0.321 e. The van der Waals surface area contributed by atoms with E-state index in [1.807, 2.05) is 11.7 Å². The summed E-state index contributed by atoms with van der Waals surface area (Å²) >= 11 is 0. The summed E-state index contributed by atoms with van der Waals surface area (Å²) < 4.78 is 1.83. The van der Waals surface area contributed by atoms with Crippen molar-refractivity contribution in [2.45, 2.75) is 38.6 Å². The minimum Gasteiger partial charge on any atom is -0.321 e. The lowest BCUT2D eigenvalue weighted by Gasteiger charge is -2.13. The average Bonchev–Trinajstić information content (AvgIpc) is 2.89. The van der Waals surface area contributed by atoms with Crippen molar-refractivity contribution in [3.05, 3.63) is 11.6 Å². The van der Waals surface area contributed by atoms with Gasteiger partial charge in [0.2, 0.25) is 0 Å². The zero-order valence-corrected chi connectivity index (χ0v) is 9.07. The molecule has 78 valence electrons.